The minimum absolute atomic E-state index is 0.499. The van der Waals surface area contributed by atoms with Gasteiger partial charge in [-0.15, -0.1) is 0 Å². The van der Waals surface area contributed by atoms with E-state index in [9.17, 15) is 5.21 Å². The Morgan fingerprint density at radius 1 is 0.929 bits per heavy atom. The van der Waals surface area contributed by atoms with Crippen molar-refractivity contribution < 1.29 is 9.60 Å². The van der Waals surface area contributed by atoms with Crippen molar-refractivity contribution in [3.8, 4) is 5.75 Å². The van der Waals surface area contributed by atoms with Gasteiger partial charge in [0.15, 0.2) is 0 Å². The lowest BCUT2D eigenvalue weighted by atomic mass is 9.99. The molecule has 0 aromatic heterocycles. The fourth-order valence-corrected chi connectivity index (χ4v) is 2.97. The SMILES string of the molecule is CCCCCCCOc1ccc([N+]([O-])=Nc2ccc(C[C@H](C)CC)cc2)cc1. The number of azo groups is 1. The molecule has 152 valence electrons. The summed E-state index contributed by atoms with van der Waals surface area (Å²) in [5, 5.41) is 16.4. The molecule has 0 radical (unpaired) electrons. The zero-order valence-corrected chi connectivity index (χ0v) is 17.6. The van der Waals surface area contributed by atoms with Crippen LogP contribution in [0.15, 0.2) is 53.6 Å². The second-order valence-electron chi connectivity index (χ2n) is 7.51. The molecule has 0 aliphatic rings. The molecule has 2 aromatic carbocycles. The van der Waals surface area contributed by atoms with Crippen molar-refractivity contribution in [1.82, 2.24) is 0 Å². The van der Waals surface area contributed by atoms with Crippen molar-refractivity contribution in [2.24, 2.45) is 11.0 Å². The summed E-state index contributed by atoms with van der Waals surface area (Å²) in [5.74, 6) is 1.46. The Morgan fingerprint density at radius 2 is 1.61 bits per heavy atom. The van der Waals surface area contributed by atoms with E-state index in [0.29, 0.717) is 22.2 Å². The molecule has 0 unspecified atom stereocenters. The average Bonchev–Trinajstić information content (AvgIpc) is 2.72. The number of unbranched alkanes of at least 4 members (excludes halogenated alkanes) is 4. The van der Waals surface area contributed by atoms with Gasteiger partial charge in [0.1, 0.15) is 11.4 Å². The number of benzene rings is 2. The normalized spacial score (nSPS) is 12.8. The molecule has 0 fully saturated rings. The molecule has 0 saturated carbocycles. The van der Waals surface area contributed by atoms with Crippen LogP contribution in [0.2, 0.25) is 0 Å². The van der Waals surface area contributed by atoms with Crippen LogP contribution < -0.4 is 4.74 Å². The van der Waals surface area contributed by atoms with Crippen LogP contribution in [0.1, 0.15) is 64.9 Å². The number of rotatable bonds is 12. The summed E-state index contributed by atoms with van der Waals surface area (Å²) in [5.41, 5.74) is 2.44. The van der Waals surface area contributed by atoms with Crippen molar-refractivity contribution in [3.63, 3.8) is 0 Å². The molecule has 2 aromatic rings. The molecule has 4 nitrogen and oxygen atoms in total. The van der Waals surface area contributed by atoms with Crippen molar-refractivity contribution in [1.29, 1.82) is 0 Å². The minimum Gasteiger partial charge on any atom is -0.594 e. The zero-order chi connectivity index (χ0) is 20.2. The van der Waals surface area contributed by atoms with E-state index in [-0.39, 0.29) is 0 Å². The first kappa shape index (κ1) is 21.9. The van der Waals surface area contributed by atoms with Gasteiger partial charge in [0.05, 0.1) is 6.61 Å². The fraction of sp³-hybridized carbons (Fsp3) is 0.500. The van der Waals surface area contributed by atoms with Gasteiger partial charge >= 0.3 is 0 Å². The molecule has 0 amide bonds. The van der Waals surface area contributed by atoms with Gasteiger partial charge in [-0.2, -0.15) is 0 Å². The summed E-state index contributed by atoms with van der Waals surface area (Å²) in [6.07, 6.45) is 8.30. The van der Waals surface area contributed by atoms with Crippen LogP contribution in [-0.4, -0.2) is 11.5 Å². The van der Waals surface area contributed by atoms with Gasteiger partial charge in [0.2, 0.25) is 5.69 Å². The largest absolute Gasteiger partial charge is 0.594 e. The first-order chi connectivity index (χ1) is 13.6. The molecule has 0 aliphatic carbocycles. The molecule has 0 N–H and O–H groups in total. The van der Waals surface area contributed by atoms with Gasteiger partial charge in [0, 0.05) is 17.2 Å². The summed E-state index contributed by atoms with van der Waals surface area (Å²) in [4.78, 5) is 0.665. The lowest BCUT2D eigenvalue weighted by Crippen LogP contribution is -1.98. The maximum atomic E-state index is 12.3. The maximum absolute atomic E-state index is 12.3. The van der Waals surface area contributed by atoms with Crippen molar-refractivity contribution in [3.05, 3.63) is 59.3 Å². The summed E-state index contributed by atoms with van der Waals surface area (Å²) < 4.78 is 5.74. The van der Waals surface area contributed by atoms with Gasteiger partial charge in [-0.25, -0.2) is 0 Å². The Bertz CT molecular complexity index is 708. The van der Waals surface area contributed by atoms with Crippen LogP contribution in [-0.2, 0) is 6.42 Å². The summed E-state index contributed by atoms with van der Waals surface area (Å²) in [6.45, 7) is 7.38. The topological polar surface area (TPSA) is 47.7 Å². The van der Waals surface area contributed by atoms with Crippen molar-refractivity contribution in [2.75, 3.05) is 6.61 Å². The monoisotopic (exact) mass is 382 g/mol. The van der Waals surface area contributed by atoms with Gasteiger partial charge in [0.25, 0.3) is 0 Å². The predicted molar refractivity (Wildman–Crippen MR) is 116 cm³/mol. The van der Waals surface area contributed by atoms with E-state index in [0.717, 1.165) is 25.2 Å². The highest BCUT2D eigenvalue weighted by molar-refractivity contribution is 5.39. The summed E-state index contributed by atoms with van der Waals surface area (Å²) in [7, 11) is 0. The van der Waals surface area contributed by atoms with Crippen LogP contribution in [0, 0.1) is 11.1 Å². The zero-order valence-electron chi connectivity index (χ0n) is 17.6. The molecule has 0 aliphatic heterocycles. The van der Waals surface area contributed by atoms with Crippen LogP contribution in [0.5, 0.6) is 5.75 Å². The Labute approximate surface area is 169 Å². The van der Waals surface area contributed by atoms with Crippen molar-refractivity contribution >= 4 is 11.4 Å². The molecular weight excluding hydrogens is 348 g/mol. The molecular formula is C24H34N2O2. The standard InChI is InChI=1S/C24H34N2O2/c1-4-6-7-8-9-18-28-24-16-14-23(15-17-24)26(27)25-22-12-10-21(11-13-22)19-20(3)5-2/h10-17,20H,4-9,18-19H2,1-3H3/t20-/m1/s1. The van der Waals surface area contributed by atoms with E-state index in [1.54, 1.807) is 12.1 Å². The third-order valence-electron chi connectivity index (χ3n) is 5.00. The third-order valence-corrected chi connectivity index (χ3v) is 5.00. The van der Waals surface area contributed by atoms with Crippen LogP contribution in [0.25, 0.3) is 0 Å². The molecule has 0 bridgehead atoms. The highest BCUT2D eigenvalue weighted by atomic mass is 16.5. The molecule has 0 saturated heterocycles. The highest BCUT2D eigenvalue weighted by Gasteiger charge is 2.06. The van der Waals surface area contributed by atoms with E-state index >= 15 is 0 Å². The maximum Gasteiger partial charge on any atom is 0.245 e. The van der Waals surface area contributed by atoms with Crippen LogP contribution >= 0.6 is 0 Å². The lowest BCUT2D eigenvalue weighted by molar-refractivity contribution is -0.435. The molecule has 4 heteroatoms. The number of ether oxygens (including phenoxy) is 1. The minimum atomic E-state index is 0.499. The van der Waals surface area contributed by atoms with Gasteiger partial charge in [-0.3, -0.25) is 0 Å². The van der Waals surface area contributed by atoms with E-state index < -0.39 is 0 Å². The van der Waals surface area contributed by atoms with Crippen LogP contribution in [0.4, 0.5) is 11.4 Å². The molecule has 2 rings (SSSR count). The fourth-order valence-electron chi connectivity index (χ4n) is 2.97. The van der Waals surface area contributed by atoms with Gasteiger partial charge < -0.3 is 9.94 Å². The van der Waals surface area contributed by atoms with E-state index in [2.05, 4.69) is 38.0 Å². The Kier molecular flexibility index (Phi) is 9.53. The Balaban J connectivity index is 1.86. The summed E-state index contributed by atoms with van der Waals surface area (Å²) in [6, 6.07) is 15.1. The van der Waals surface area contributed by atoms with Crippen molar-refractivity contribution in [2.45, 2.75) is 65.7 Å². The van der Waals surface area contributed by atoms with E-state index in [4.69, 9.17) is 4.74 Å². The van der Waals surface area contributed by atoms with Gasteiger partial charge in [-0.05, 0) is 48.6 Å². The molecule has 1 atom stereocenters. The number of hydrogen-bond donors (Lipinski definition) is 0. The van der Waals surface area contributed by atoms with E-state index in [1.165, 1.54) is 37.7 Å². The Morgan fingerprint density at radius 3 is 2.25 bits per heavy atom. The second kappa shape index (κ2) is 12.2. The van der Waals surface area contributed by atoms with Crippen LogP contribution in [0.3, 0.4) is 0 Å². The number of nitrogens with zero attached hydrogens (tertiary/aromatic N) is 2. The van der Waals surface area contributed by atoms with E-state index in [1.807, 2.05) is 24.3 Å². The highest BCUT2D eigenvalue weighted by Crippen LogP contribution is 2.22. The smallest absolute Gasteiger partial charge is 0.245 e. The first-order valence-electron chi connectivity index (χ1n) is 10.6. The second-order valence-corrected chi connectivity index (χ2v) is 7.51. The van der Waals surface area contributed by atoms with Gasteiger partial charge in [-0.1, -0.05) is 69.9 Å². The lowest BCUT2D eigenvalue weighted by Gasteiger charge is -2.08. The third kappa shape index (κ3) is 7.71. The molecule has 28 heavy (non-hydrogen) atoms. The average molecular weight is 383 g/mol. The predicted octanol–water partition coefficient (Wildman–Crippen LogP) is 7.55. The first-order valence-corrected chi connectivity index (χ1v) is 10.6. The molecule has 0 heterocycles. The number of hydrogen-bond acceptors (Lipinski definition) is 3. The molecule has 0 spiro atoms. The quantitative estimate of drug-likeness (QED) is 0.165. The Hall–Kier alpha value is -2.36. The summed E-state index contributed by atoms with van der Waals surface area (Å²) >= 11 is 0.